The smallest absolute Gasteiger partial charge is 0.324 e. The molecule has 2 atom stereocenters. The third-order valence-corrected chi connectivity index (χ3v) is 2.01. The molecule has 1 aliphatic heterocycles. The number of carbonyl (C=O) groups excluding carboxylic acids is 2. The summed E-state index contributed by atoms with van der Waals surface area (Å²) >= 11 is 0. The molecular weight excluding hydrogens is 160 g/mol. The topological polar surface area (TPSA) is 69.6 Å². The number of urea groups is 1. The molecule has 0 bridgehead atoms. The number of amides is 3. The summed E-state index contributed by atoms with van der Waals surface area (Å²) in [5.41, 5.74) is 0. The number of nitrogens with one attached hydrogen (secondary N) is 1. The Bertz CT molecular complexity index is 215. The first-order valence-electron chi connectivity index (χ1n) is 3.81. The molecule has 1 heterocycles. The molecule has 0 radical (unpaired) electrons. The van der Waals surface area contributed by atoms with E-state index in [0.717, 1.165) is 0 Å². The second-order valence-corrected chi connectivity index (χ2v) is 2.96. The van der Waals surface area contributed by atoms with E-state index in [1.807, 2.05) is 0 Å². The van der Waals surface area contributed by atoms with Gasteiger partial charge in [-0.05, 0) is 13.8 Å². The second-order valence-electron chi connectivity index (χ2n) is 2.96. The highest BCUT2D eigenvalue weighted by molar-refractivity contribution is 6.02. The largest absolute Gasteiger partial charge is 0.391 e. The Morgan fingerprint density at radius 1 is 1.50 bits per heavy atom. The van der Waals surface area contributed by atoms with Gasteiger partial charge in [0.2, 0.25) is 5.91 Å². The van der Waals surface area contributed by atoms with Gasteiger partial charge in [0.1, 0.15) is 6.54 Å². The molecule has 1 aliphatic rings. The molecule has 0 aromatic carbocycles. The van der Waals surface area contributed by atoms with Crippen LogP contribution >= 0.6 is 0 Å². The van der Waals surface area contributed by atoms with Crippen molar-refractivity contribution in [2.75, 3.05) is 6.54 Å². The molecule has 2 unspecified atom stereocenters. The standard InChI is InChI=1S/C7H12N2O3/c1-4(5(2)10)9-3-6(11)8-7(9)12/h4-5,10H,3H2,1-2H3,(H,8,11,12). The lowest BCUT2D eigenvalue weighted by molar-refractivity contribution is -0.118. The van der Waals surface area contributed by atoms with E-state index in [-0.39, 0.29) is 18.5 Å². The van der Waals surface area contributed by atoms with Crippen LogP contribution in [0.4, 0.5) is 4.79 Å². The van der Waals surface area contributed by atoms with Crippen molar-refractivity contribution in [3.8, 4) is 0 Å². The van der Waals surface area contributed by atoms with Gasteiger partial charge in [-0.15, -0.1) is 0 Å². The van der Waals surface area contributed by atoms with Crippen LogP contribution in [0.5, 0.6) is 0 Å². The molecule has 1 fully saturated rings. The maximum Gasteiger partial charge on any atom is 0.324 e. The van der Waals surface area contributed by atoms with E-state index in [1.54, 1.807) is 13.8 Å². The molecule has 0 aliphatic carbocycles. The van der Waals surface area contributed by atoms with Gasteiger partial charge >= 0.3 is 6.03 Å². The van der Waals surface area contributed by atoms with Crippen LogP contribution in [-0.4, -0.2) is 40.6 Å². The predicted octanol–water partition coefficient (Wildman–Crippen LogP) is -0.692. The van der Waals surface area contributed by atoms with Crippen LogP contribution in [0, 0.1) is 0 Å². The lowest BCUT2D eigenvalue weighted by Crippen LogP contribution is -2.42. The summed E-state index contributed by atoms with van der Waals surface area (Å²) < 4.78 is 0. The summed E-state index contributed by atoms with van der Waals surface area (Å²) in [6, 6.07) is -0.746. The number of nitrogens with zero attached hydrogens (tertiary/aromatic N) is 1. The lowest BCUT2D eigenvalue weighted by Gasteiger charge is -2.24. The van der Waals surface area contributed by atoms with Gasteiger partial charge in [0.05, 0.1) is 12.1 Å². The summed E-state index contributed by atoms with van der Waals surface area (Å²) in [6.07, 6.45) is -0.623. The molecule has 2 N–H and O–H groups in total. The first-order chi connectivity index (χ1) is 5.52. The van der Waals surface area contributed by atoms with Crippen molar-refractivity contribution in [2.24, 2.45) is 0 Å². The number of aliphatic hydroxyl groups is 1. The molecule has 0 spiro atoms. The average Bonchev–Trinajstić information content (AvgIpc) is 2.28. The van der Waals surface area contributed by atoms with Crippen molar-refractivity contribution >= 4 is 11.9 Å². The van der Waals surface area contributed by atoms with Crippen LogP contribution < -0.4 is 5.32 Å². The van der Waals surface area contributed by atoms with Gasteiger partial charge in [-0.2, -0.15) is 0 Å². The summed E-state index contributed by atoms with van der Waals surface area (Å²) in [4.78, 5) is 23.1. The van der Waals surface area contributed by atoms with Crippen LogP contribution in [0.2, 0.25) is 0 Å². The zero-order chi connectivity index (χ0) is 9.30. The highest BCUT2D eigenvalue weighted by Gasteiger charge is 2.32. The summed E-state index contributed by atoms with van der Waals surface area (Å²) in [7, 11) is 0. The fraction of sp³-hybridized carbons (Fsp3) is 0.714. The SMILES string of the molecule is CC(O)C(C)N1CC(=O)NC1=O. The van der Waals surface area contributed by atoms with Crippen LogP contribution in [-0.2, 0) is 4.79 Å². The van der Waals surface area contributed by atoms with Crippen molar-refractivity contribution in [3.05, 3.63) is 0 Å². The minimum atomic E-state index is -0.623. The van der Waals surface area contributed by atoms with E-state index < -0.39 is 12.1 Å². The highest BCUT2D eigenvalue weighted by atomic mass is 16.3. The maximum atomic E-state index is 11.0. The lowest BCUT2D eigenvalue weighted by atomic mass is 10.2. The fourth-order valence-corrected chi connectivity index (χ4v) is 1.05. The molecule has 0 aromatic rings. The summed E-state index contributed by atoms with van der Waals surface area (Å²) in [5.74, 6) is -0.312. The number of hydrogen-bond donors (Lipinski definition) is 2. The molecule has 0 aromatic heterocycles. The quantitative estimate of drug-likeness (QED) is 0.541. The molecule has 68 valence electrons. The zero-order valence-electron chi connectivity index (χ0n) is 7.07. The fourth-order valence-electron chi connectivity index (χ4n) is 1.05. The van der Waals surface area contributed by atoms with Gasteiger partial charge in [-0.1, -0.05) is 0 Å². The Morgan fingerprint density at radius 3 is 2.42 bits per heavy atom. The molecule has 1 saturated heterocycles. The van der Waals surface area contributed by atoms with Crippen molar-refractivity contribution in [1.29, 1.82) is 0 Å². The van der Waals surface area contributed by atoms with Crippen molar-refractivity contribution in [2.45, 2.75) is 26.0 Å². The van der Waals surface area contributed by atoms with Crippen LogP contribution in [0.1, 0.15) is 13.8 Å². The Balaban J connectivity index is 2.64. The van der Waals surface area contributed by atoms with Crippen molar-refractivity contribution in [1.82, 2.24) is 10.2 Å². The van der Waals surface area contributed by atoms with E-state index in [9.17, 15) is 9.59 Å². The monoisotopic (exact) mass is 172 g/mol. The van der Waals surface area contributed by atoms with E-state index in [1.165, 1.54) is 4.90 Å². The minimum Gasteiger partial charge on any atom is -0.391 e. The molecule has 3 amide bonds. The van der Waals surface area contributed by atoms with E-state index in [2.05, 4.69) is 5.32 Å². The van der Waals surface area contributed by atoms with Crippen LogP contribution in [0.3, 0.4) is 0 Å². The maximum absolute atomic E-state index is 11.0. The van der Waals surface area contributed by atoms with Crippen LogP contribution in [0.25, 0.3) is 0 Å². The second kappa shape index (κ2) is 3.10. The molecule has 1 rings (SSSR count). The Morgan fingerprint density at radius 2 is 2.08 bits per heavy atom. The van der Waals surface area contributed by atoms with Gasteiger partial charge in [-0.25, -0.2) is 4.79 Å². The molecule has 0 saturated carbocycles. The first kappa shape index (κ1) is 8.99. The predicted molar refractivity (Wildman–Crippen MR) is 41.4 cm³/mol. The van der Waals surface area contributed by atoms with E-state index in [0.29, 0.717) is 0 Å². The highest BCUT2D eigenvalue weighted by Crippen LogP contribution is 2.07. The zero-order valence-corrected chi connectivity index (χ0v) is 7.07. The van der Waals surface area contributed by atoms with E-state index >= 15 is 0 Å². The minimum absolute atomic E-state index is 0.0465. The molecule has 5 heteroatoms. The number of aliphatic hydroxyl groups excluding tert-OH is 1. The number of imide groups is 1. The van der Waals surface area contributed by atoms with Gasteiger partial charge < -0.3 is 10.0 Å². The Kier molecular flexibility index (Phi) is 2.32. The third-order valence-electron chi connectivity index (χ3n) is 2.01. The van der Waals surface area contributed by atoms with Gasteiger partial charge in [0, 0.05) is 0 Å². The van der Waals surface area contributed by atoms with Gasteiger partial charge in [0.25, 0.3) is 0 Å². The Labute approximate surface area is 70.4 Å². The van der Waals surface area contributed by atoms with E-state index in [4.69, 9.17) is 5.11 Å². The summed E-state index contributed by atoms with van der Waals surface area (Å²) in [6.45, 7) is 3.33. The normalized spacial score (nSPS) is 22.4. The molecular formula is C7H12N2O3. The van der Waals surface area contributed by atoms with Gasteiger partial charge in [-0.3, -0.25) is 10.1 Å². The number of hydrogen-bond acceptors (Lipinski definition) is 3. The van der Waals surface area contributed by atoms with Crippen LogP contribution in [0.15, 0.2) is 0 Å². The molecule has 5 nitrogen and oxygen atoms in total. The number of rotatable bonds is 2. The third kappa shape index (κ3) is 1.55. The van der Waals surface area contributed by atoms with Crippen molar-refractivity contribution in [3.63, 3.8) is 0 Å². The summed E-state index contributed by atoms with van der Waals surface area (Å²) in [5, 5.41) is 11.3. The van der Waals surface area contributed by atoms with Crippen molar-refractivity contribution < 1.29 is 14.7 Å². The first-order valence-corrected chi connectivity index (χ1v) is 3.81. The number of carbonyl (C=O) groups is 2. The molecule has 12 heavy (non-hydrogen) atoms. The van der Waals surface area contributed by atoms with Gasteiger partial charge in [0.15, 0.2) is 0 Å². The Hall–Kier alpha value is -1.10. The average molecular weight is 172 g/mol.